The van der Waals surface area contributed by atoms with Crippen LogP contribution in [0.1, 0.15) is 24.0 Å². The predicted molar refractivity (Wildman–Crippen MR) is 67.0 cm³/mol. The van der Waals surface area contributed by atoms with E-state index >= 15 is 0 Å². The largest absolute Gasteiger partial charge is 0.416 e. The number of alkyl halides is 3. The van der Waals surface area contributed by atoms with Crippen LogP contribution < -0.4 is 5.32 Å². The quantitative estimate of drug-likeness (QED) is 0.910. The summed E-state index contributed by atoms with van der Waals surface area (Å²) in [6, 6.07) is 5.29. The van der Waals surface area contributed by atoms with Crippen molar-refractivity contribution < 1.29 is 17.9 Å². The average molecular weight is 273 g/mol. The Balaban J connectivity index is 1.76. The fraction of sp³-hybridized carbons (Fsp3) is 0.571. The summed E-state index contributed by atoms with van der Waals surface area (Å²) in [7, 11) is 0. The molecule has 5 heteroatoms. The maximum absolute atomic E-state index is 12.4. The molecule has 1 fully saturated rings. The lowest BCUT2D eigenvalue weighted by atomic mass is 10.1. The molecule has 1 N–H and O–H groups in total. The Morgan fingerprint density at radius 1 is 1.11 bits per heavy atom. The van der Waals surface area contributed by atoms with Crippen molar-refractivity contribution in [1.29, 1.82) is 0 Å². The third kappa shape index (κ3) is 4.51. The Hall–Kier alpha value is -1.07. The highest BCUT2D eigenvalue weighted by Crippen LogP contribution is 2.29. The van der Waals surface area contributed by atoms with E-state index in [-0.39, 0.29) is 6.10 Å². The van der Waals surface area contributed by atoms with Crippen LogP contribution in [-0.2, 0) is 17.3 Å². The molecule has 2 nitrogen and oxygen atoms in total. The maximum Gasteiger partial charge on any atom is 0.416 e. The number of ether oxygens (including phenoxy) is 1. The molecule has 0 amide bonds. The summed E-state index contributed by atoms with van der Waals surface area (Å²) in [5, 5.41) is 3.26. The van der Waals surface area contributed by atoms with Crippen molar-refractivity contribution in [2.24, 2.45) is 0 Å². The second kappa shape index (κ2) is 6.39. The first-order valence-electron chi connectivity index (χ1n) is 6.54. The summed E-state index contributed by atoms with van der Waals surface area (Å²) in [6.07, 6.45) is -1.30. The van der Waals surface area contributed by atoms with Crippen LogP contribution in [0.2, 0.25) is 0 Å². The minimum absolute atomic E-state index is 0.288. The molecular formula is C14H18F3NO. The van der Waals surface area contributed by atoms with Crippen LogP contribution in [0.5, 0.6) is 0 Å². The zero-order chi connectivity index (χ0) is 13.7. The summed E-state index contributed by atoms with van der Waals surface area (Å²) in [5.74, 6) is 0. The third-order valence-electron chi connectivity index (χ3n) is 3.31. The molecule has 1 aromatic rings. The minimum Gasteiger partial charge on any atom is -0.378 e. The molecule has 0 bridgehead atoms. The van der Waals surface area contributed by atoms with E-state index in [1.54, 1.807) is 0 Å². The number of hydrogen-bond donors (Lipinski definition) is 1. The molecule has 1 saturated heterocycles. The number of nitrogens with one attached hydrogen (secondary N) is 1. The first-order valence-corrected chi connectivity index (χ1v) is 6.54. The van der Waals surface area contributed by atoms with Gasteiger partial charge in [-0.3, -0.25) is 0 Å². The van der Waals surface area contributed by atoms with Gasteiger partial charge >= 0.3 is 6.18 Å². The van der Waals surface area contributed by atoms with Crippen LogP contribution >= 0.6 is 0 Å². The van der Waals surface area contributed by atoms with Gasteiger partial charge in [0.1, 0.15) is 0 Å². The summed E-state index contributed by atoms with van der Waals surface area (Å²) < 4.78 is 42.9. The maximum atomic E-state index is 12.4. The summed E-state index contributed by atoms with van der Waals surface area (Å²) >= 11 is 0. The van der Waals surface area contributed by atoms with Gasteiger partial charge in [-0.15, -0.1) is 0 Å². The fourth-order valence-corrected chi connectivity index (χ4v) is 2.17. The molecule has 0 saturated carbocycles. The van der Waals surface area contributed by atoms with Gasteiger partial charge in [-0.25, -0.2) is 0 Å². The zero-order valence-electron chi connectivity index (χ0n) is 10.7. The molecule has 2 rings (SSSR count). The van der Waals surface area contributed by atoms with Crippen molar-refractivity contribution in [1.82, 2.24) is 5.32 Å². The van der Waals surface area contributed by atoms with Gasteiger partial charge in [-0.05, 0) is 50.0 Å². The Bertz CT molecular complexity index is 383. The first kappa shape index (κ1) is 14.3. The van der Waals surface area contributed by atoms with Gasteiger partial charge in [0, 0.05) is 0 Å². The van der Waals surface area contributed by atoms with Gasteiger partial charge in [0.05, 0.1) is 18.3 Å². The van der Waals surface area contributed by atoms with Crippen molar-refractivity contribution in [2.75, 3.05) is 19.7 Å². The molecular weight excluding hydrogens is 255 g/mol. The second-order valence-corrected chi connectivity index (χ2v) is 4.76. The van der Waals surface area contributed by atoms with E-state index in [1.807, 2.05) is 0 Å². The number of halogens is 3. The highest BCUT2D eigenvalue weighted by atomic mass is 19.4. The van der Waals surface area contributed by atoms with Crippen molar-refractivity contribution >= 4 is 0 Å². The molecule has 0 radical (unpaired) electrons. The molecule has 0 aliphatic carbocycles. The molecule has 106 valence electrons. The predicted octanol–water partition coefficient (Wildman–Crippen LogP) is 3.02. The number of benzene rings is 1. The smallest absolute Gasteiger partial charge is 0.378 e. The molecule has 1 aliphatic rings. The number of rotatable bonds is 4. The molecule has 1 heterocycles. The van der Waals surface area contributed by atoms with Crippen molar-refractivity contribution in [3.63, 3.8) is 0 Å². The van der Waals surface area contributed by atoms with Crippen LogP contribution in [0.3, 0.4) is 0 Å². The van der Waals surface area contributed by atoms with Crippen molar-refractivity contribution in [3.8, 4) is 0 Å². The van der Waals surface area contributed by atoms with E-state index in [2.05, 4.69) is 5.32 Å². The van der Waals surface area contributed by atoms with Gasteiger partial charge < -0.3 is 10.1 Å². The zero-order valence-corrected chi connectivity index (χ0v) is 10.7. The van der Waals surface area contributed by atoms with Crippen LogP contribution in [-0.4, -0.2) is 25.8 Å². The van der Waals surface area contributed by atoms with Gasteiger partial charge in [0.25, 0.3) is 0 Å². The fourth-order valence-electron chi connectivity index (χ4n) is 2.17. The average Bonchev–Trinajstić information content (AvgIpc) is 2.39. The topological polar surface area (TPSA) is 21.3 Å². The summed E-state index contributed by atoms with van der Waals surface area (Å²) in [6.45, 7) is 2.52. The van der Waals surface area contributed by atoms with E-state index in [4.69, 9.17) is 4.74 Å². The molecule has 0 aromatic heterocycles. The molecule has 1 aliphatic heterocycles. The third-order valence-corrected chi connectivity index (χ3v) is 3.31. The van der Waals surface area contributed by atoms with E-state index in [0.717, 1.165) is 43.6 Å². The molecule has 0 atom stereocenters. The highest BCUT2D eigenvalue weighted by molar-refractivity contribution is 5.24. The lowest BCUT2D eigenvalue weighted by Crippen LogP contribution is -2.32. The van der Waals surface area contributed by atoms with Gasteiger partial charge in [-0.2, -0.15) is 13.2 Å². The lowest BCUT2D eigenvalue weighted by molar-refractivity contribution is -0.137. The Labute approximate surface area is 111 Å². The van der Waals surface area contributed by atoms with Crippen molar-refractivity contribution in [2.45, 2.75) is 31.5 Å². The highest BCUT2D eigenvalue weighted by Gasteiger charge is 2.29. The van der Waals surface area contributed by atoms with Crippen LogP contribution in [0.4, 0.5) is 13.2 Å². The normalized spacial score (nSPS) is 17.6. The van der Waals surface area contributed by atoms with E-state index in [9.17, 15) is 13.2 Å². The SMILES string of the molecule is FC(F)(F)c1ccc(CCOC2CCNCC2)cc1. The Morgan fingerprint density at radius 3 is 2.32 bits per heavy atom. The van der Waals surface area contributed by atoms with Crippen LogP contribution in [0.25, 0.3) is 0 Å². The number of piperidine rings is 1. The Morgan fingerprint density at radius 2 is 1.74 bits per heavy atom. The second-order valence-electron chi connectivity index (χ2n) is 4.76. The molecule has 0 unspecified atom stereocenters. The van der Waals surface area contributed by atoms with Crippen LogP contribution in [0.15, 0.2) is 24.3 Å². The monoisotopic (exact) mass is 273 g/mol. The van der Waals surface area contributed by atoms with Crippen LogP contribution in [0, 0.1) is 0 Å². The van der Waals surface area contributed by atoms with Crippen molar-refractivity contribution in [3.05, 3.63) is 35.4 Å². The standard InChI is InChI=1S/C14H18F3NO/c15-14(16,17)12-3-1-11(2-4-12)7-10-19-13-5-8-18-9-6-13/h1-4,13,18H,5-10H2. The van der Waals surface area contributed by atoms with Gasteiger partial charge in [0.15, 0.2) is 0 Å². The Kier molecular flexibility index (Phi) is 4.82. The van der Waals surface area contributed by atoms with E-state index in [0.29, 0.717) is 13.0 Å². The summed E-state index contributed by atoms with van der Waals surface area (Å²) in [5.41, 5.74) is 0.275. The minimum atomic E-state index is -4.26. The molecule has 0 spiro atoms. The van der Waals surface area contributed by atoms with Gasteiger partial charge in [0.2, 0.25) is 0 Å². The summed E-state index contributed by atoms with van der Waals surface area (Å²) in [4.78, 5) is 0. The first-order chi connectivity index (χ1) is 9.05. The van der Waals surface area contributed by atoms with E-state index in [1.165, 1.54) is 12.1 Å². The van der Waals surface area contributed by atoms with E-state index < -0.39 is 11.7 Å². The lowest BCUT2D eigenvalue weighted by Gasteiger charge is -2.22. The molecule has 19 heavy (non-hydrogen) atoms. The van der Waals surface area contributed by atoms with Gasteiger partial charge in [-0.1, -0.05) is 12.1 Å². The molecule has 1 aromatic carbocycles. The number of hydrogen-bond acceptors (Lipinski definition) is 2.